The van der Waals surface area contributed by atoms with Gasteiger partial charge in [-0.3, -0.25) is 0 Å². The van der Waals surface area contributed by atoms with E-state index in [-0.39, 0.29) is 0 Å². The number of hydrogen-bond acceptors (Lipinski definition) is 5. The molecule has 7 aromatic carbocycles. The Morgan fingerprint density at radius 2 is 1.02 bits per heavy atom. The van der Waals surface area contributed by atoms with E-state index in [1.54, 1.807) is 0 Å². The Labute approximate surface area is 301 Å². The second kappa shape index (κ2) is 11.3. The van der Waals surface area contributed by atoms with Gasteiger partial charge in [0, 0.05) is 63.2 Å². The van der Waals surface area contributed by atoms with Crippen LogP contribution in [0.5, 0.6) is 0 Å². The van der Waals surface area contributed by atoms with Crippen molar-refractivity contribution in [2.75, 3.05) is 11.6 Å². The Morgan fingerprint density at radius 3 is 1.71 bits per heavy atom. The molecule has 0 spiro atoms. The Hall–Kier alpha value is -6.01. The number of nitrogens with zero attached hydrogens (tertiary/aromatic N) is 2. The molecule has 3 aromatic heterocycles. The second-order valence-corrected chi connectivity index (χ2v) is 15.2. The summed E-state index contributed by atoms with van der Waals surface area (Å²) in [5.41, 5.74) is 9.77. The van der Waals surface area contributed by atoms with Crippen molar-refractivity contribution in [2.24, 2.45) is 4.99 Å². The Balaban J connectivity index is 0.989. The van der Waals surface area contributed by atoms with E-state index < -0.39 is 0 Å². The van der Waals surface area contributed by atoms with E-state index in [9.17, 15) is 0 Å². The Morgan fingerprint density at radius 1 is 0.490 bits per heavy atom. The van der Waals surface area contributed by atoms with Crippen molar-refractivity contribution in [2.45, 2.75) is 0 Å². The normalized spacial score (nSPS) is 12.9. The van der Waals surface area contributed by atoms with E-state index in [0.717, 1.165) is 33.0 Å². The maximum Gasteiger partial charge on any atom is 0.226 e. The first-order valence-electron chi connectivity index (χ1n) is 17.1. The molecule has 0 saturated heterocycles. The van der Waals surface area contributed by atoms with Gasteiger partial charge in [0.2, 0.25) is 5.55 Å². The molecule has 0 unspecified atom stereocenters. The maximum absolute atomic E-state index is 6.56. The molecule has 51 heavy (non-hydrogen) atoms. The largest absolute Gasteiger partial charge is 0.437 e. The minimum atomic E-state index is 0.493. The number of para-hydroxylation sites is 1. The number of thiophene rings is 2. The predicted octanol–water partition coefficient (Wildman–Crippen LogP) is 12.0. The lowest BCUT2D eigenvalue weighted by Crippen LogP contribution is -2.33. The molecule has 4 heterocycles. The van der Waals surface area contributed by atoms with Crippen LogP contribution in [0.2, 0.25) is 0 Å². The SMILES string of the molecule is C1=c2c(oc3c(-c4cccc(-c5cccc6c5sc5ccccc56)c4)cccc23)=NCN1c1cccc(-c2cccc3c2sc2ccccc23)c1. The number of rotatable bonds is 4. The topological polar surface area (TPSA) is 28.7 Å². The summed E-state index contributed by atoms with van der Waals surface area (Å²) in [7, 11) is 0. The molecular formula is C46H28N2OS2. The van der Waals surface area contributed by atoms with Gasteiger partial charge in [-0.15, -0.1) is 22.7 Å². The minimum absolute atomic E-state index is 0.493. The van der Waals surface area contributed by atoms with Crippen LogP contribution in [0.1, 0.15) is 0 Å². The highest BCUT2D eigenvalue weighted by Gasteiger charge is 2.18. The lowest BCUT2D eigenvalue weighted by Gasteiger charge is -2.20. The van der Waals surface area contributed by atoms with Crippen LogP contribution < -0.4 is 15.7 Å². The van der Waals surface area contributed by atoms with Crippen LogP contribution in [0.3, 0.4) is 0 Å². The lowest BCUT2D eigenvalue weighted by molar-refractivity contribution is 0.541. The van der Waals surface area contributed by atoms with Gasteiger partial charge in [0.05, 0.1) is 5.22 Å². The Kier molecular flexibility index (Phi) is 6.35. The van der Waals surface area contributed by atoms with Gasteiger partial charge in [0.15, 0.2) is 0 Å². The van der Waals surface area contributed by atoms with Crippen LogP contribution in [0.15, 0.2) is 161 Å². The summed E-state index contributed by atoms with van der Waals surface area (Å²) in [6.45, 7) is 0.493. The van der Waals surface area contributed by atoms with Gasteiger partial charge in [-0.1, -0.05) is 121 Å². The van der Waals surface area contributed by atoms with Crippen LogP contribution in [-0.4, -0.2) is 6.67 Å². The molecule has 0 amide bonds. The van der Waals surface area contributed by atoms with Gasteiger partial charge in [0.1, 0.15) is 12.3 Å². The molecule has 0 saturated carbocycles. The Bertz CT molecular complexity index is 3150. The van der Waals surface area contributed by atoms with Crippen LogP contribution in [0.4, 0.5) is 5.69 Å². The molecule has 0 atom stereocenters. The molecular weight excluding hydrogens is 661 g/mol. The van der Waals surface area contributed by atoms with Crippen LogP contribution in [-0.2, 0) is 0 Å². The third-order valence-corrected chi connectivity index (χ3v) is 12.6. The molecule has 0 bridgehead atoms. The number of hydrogen-bond donors (Lipinski definition) is 0. The highest BCUT2D eigenvalue weighted by atomic mass is 32.1. The lowest BCUT2D eigenvalue weighted by atomic mass is 9.97. The average molecular weight is 689 g/mol. The van der Waals surface area contributed by atoms with Crippen molar-refractivity contribution in [3.63, 3.8) is 0 Å². The summed E-state index contributed by atoms with van der Waals surface area (Å²) in [5.74, 6) is 0. The quantitative estimate of drug-likeness (QED) is 0.184. The minimum Gasteiger partial charge on any atom is -0.437 e. The zero-order chi connectivity index (χ0) is 33.5. The standard InChI is InChI=1S/C46H28N2OS2/c1-3-22-41-35(14-1)38-20-8-17-33(44(38)50-41)29-11-5-10-28(24-29)32-16-7-19-37-40-26-48(27-47-46(40)49-43(32)37)31-13-6-12-30(25-31)34-18-9-21-39-36-15-2-4-23-42(36)51-45(34)39/h1-26H,27H2. The molecule has 5 heteroatoms. The number of furan rings is 1. The van der Waals surface area contributed by atoms with E-state index in [1.807, 2.05) is 22.7 Å². The second-order valence-electron chi connectivity index (χ2n) is 13.1. The van der Waals surface area contributed by atoms with Crippen molar-refractivity contribution >= 4 is 85.9 Å². The van der Waals surface area contributed by atoms with Gasteiger partial charge >= 0.3 is 0 Å². The van der Waals surface area contributed by atoms with Crippen molar-refractivity contribution in [3.05, 3.63) is 162 Å². The summed E-state index contributed by atoms with van der Waals surface area (Å²) in [4.78, 5) is 7.18. The van der Waals surface area contributed by atoms with E-state index in [1.165, 1.54) is 62.6 Å². The molecule has 11 rings (SSSR count). The van der Waals surface area contributed by atoms with Gasteiger partial charge in [-0.05, 0) is 58.1 Å². The van der Waals surface area contributed by atoms with Crippen LogP contribution in [0, 0.1) is 0 Å². The highest BCUT2D eigenvalue weighted by Crippen LogP contribution is 2.42. The van der Waals surface area contributed by atoms with Crippen LogP contribution >= 0.6 is 22.7 Å². The first-order chi connectivity index (χ1) is 25.3. The fourth-order valence-electron chi connectivity index (χ4n) is 7.74. The van der Waals surface area contributed by atoms with E-state index >= 15 is 0 Å². The van der Waals surface area contributed by atoms with E-state index in [4.69, 9.17) is 9.41 Å². The molecule has 10 aromatic rings. The molecule has 1 aliphatic rings. The molecule has 3 nitrogen and oxygen atoms in total. The van der Waals surface area contributed by atoms with Gasteiger partial charge in [-0.25, -0.2) is 4.99 Å². The number of benzene rings is 7. The van der Waals surface area contributed by atoms with Crippen molar-refractivity contribution in [1.29, 1.82) is 0 Å². The summed E-state index contributed by atoms with van der Waals surface area (Å²) in [6.07, 6.45) is 2.20. The third-order valence-electron chi connectivity index (χ3n) is 10.2. The number of fused-ring (bicyclic) bond motifs is 9. The molecule has 0 radical (unpaired) electrons. The van der Waals surface area contributed by atoms with Gasteiger partial charge < -0.3 is 9.32 Å². The zero-order valence-electron chi connectivity index (χ0n) is 27.3. The van der Waals surface area contributed by atoms with Crippen molar-refractivity contribution in [1.82, 2.24) is 0 Å². The molecule has 0 N–H and O–H groups in total. The summed E-state index contributed by atoms with van der Waals surface area (Å²) in [6, 6.07) is 54.8. The third kappa shape index (κ3) is 4.52. The monoisotopic (exact) mass is 688 g/mol. The first-order valence-corrected chi connectivity index (χ1v) is 18.8. The fourth-order valence-corrected chi connectivity index (χ4v) is 10.2. The van der Waals surface area contributed by atoms with Crippen LogP contribution in [0.25, 0.3) is 90.9 Å². The van der Waals surface area contributed by atoms with E-state index in [2.05, 4.69) is 163 Å². The fraction of sp³-hybridized carbons (Fsp3) is 0.0217. The van der Waals surface area contributed by atoms with Gasteiger partial charge in [0.25, 0.3) is 0 Å². The summed E-state index contributed by atoms with van der Waals surface area (Å²) >= 11 is 3.73. The van der Waals surface area contributed by atoms with Crippen molar-refractivity contribution in [3.8, 4) is 33.4 Å². The van der Waals surface area contributed by atoms with E-state index in [0.29, 0.717) is 12.2 Å². The zero-order valence-corrected chi connectivity index (χ0v) is 29.0. The smallest absolute Gasteiger partial charge is 0.226 e. The number of anilines is 1. The molecule has 0 aliphatic carbocycles. The van der Waals surface area contributed by atoms with Crippen molar-refractivity contribution < 1.29 is 4.42 Å². The molecule has 0 fully saturated rings. The predicted molar refractivity (Wildman–Crippen MR) is 217 cm³/mol. The summed E-state index contributed by atoms with van der Waals surface area (Å²) < 4.78 is 11.8. The summed E-state index contributed by atoms with van der Waals surface area (Å²) in [5, 5.41) is 7.34. The maximum atomic E-state index is 6.56. The average Bonchev–Trinajstić information content (AvgIpc) is 3.89. The van der Waals surface area contributed by atoms with Gasteiger partial charge in [-0.2, -0.15) is 0 Å². The molecule has 240 valence electrons. The molecule has 1 aliphatic heterocycles. The first kappa shape index (κ1) is 28.8. The highest BCUT2D eigenvalue weighted by molar-refractivity contribution is 7.26.